The number of hydrogen-bond donors (Lipinski definition) is 1. The van der Waals surface area contributed by atoms with Crippen LogP contribution in [0.3, 0.4) is 0 Å². The lowest BCUT2D eigenvalue weighted by atomic mass is 9.74. The zero-order chi connectivity index (χ0) is 7.23. The molecule has 50 valence electrons. The van der Waals surface area contributed by atoms with Gasteiger partial charge in [-0.2, -0.15) is 0 Å². The van der Waals surface area contributed by atoms with Gasteiger partial charge in [-0.25, -0.2) is 4.39 Å². The van der Waals surface area contributed by atoms with E-state index in [4.69, 9.17) is 5.73 Å². The molecule has 0 spiro atoms. The molecule has 0 atom stereocenters. The van der Waals surface area contributed by atoms with Crippen LogP contribution in [0.1, 0.15) is 13.8 Å². The molecule has 0 unspecified atom stereocenters. The van der Waals surface area contributed by atoms with Gasteiger partial charge in [-0.3, -0.25) is 4.79 Å². The number of carbonyl (C=O) groups excluding carboxylic acids is 1. The van der Waals surface area contributed by atoms with Crippen molar-refractivity contribution in [2.75, 3.05) is 0 Å². The Bertz CT molecular complexity index is 205. The second-order valence-corrected chi connectivity index (χ2v) is 2.68. The maximum Gasteiger partial charge on any atom is 0.204 e. The van der Waals surface area contributed by atoms with Gasteiger partial charge in [0.15, 0.2) is 5.83 Å². The first-order chi connectivity index (χ1) is 3.98. The van der Waals surface area contributed by atoms with Gasteiger partial charge in [-0.1, -0.05) is 0 Å². The molecular formula is C6H8FNO. The molecule has 1 rings (SSSR count). The van der Waals surface area contributed by atoms with Gasteiger partial charge >= 0.3 is 0 Å². The molecule has 1 aliphatic rings. The number of rotatable bonds is 0. The summed E-state index contributed by atoms with van der Waals surface area (Å²) < 4.78 is 12.2. The maximum atomic E-state index is 12.2. The van der Waals surface area contributed by atoms with E-state index in [-0.39, 0.29) is 5.70 Å². The molecule has 2 nitrogen and oxygen atoms in total. The average Bonchev–Trinajstić information content (AvgIpc) is 1.84. The van der Waals surface area contributed by atoms with Gasteiger partial charge in [-0.05, 0) is 13.8 Å². The second-order valence-electron chi connectivity index (χ2n) is 2.68. The minimum atomic E-state index is -0.764. The molecule has 0 saturated heterocycles. The summed E-state index contributed by atoms with van der Waals surface area (Å²) in [7, 11) is 0. The Kier molecular flexibility index (Phi) is 0.937. The van der Waals surface area contributed by atoms with E-state index in [2.05, 4.69) is 0 Å². The highest BCUT2D eigenvalue weighted by Gasteiger charge is 2.45. The molecule has 0 aromatic heterocycles. The van der Waals surface area contributed by atoms with Crippen LogP contribution in [-0.4, -0.2) is 5.78 Å². The van der Waals surface area contributed by atoms with Crippen LogP contribution in [0.15, 0.2) is 11.5 Å². The quantitative estimate of drug-likeness (QED) is 0.524. The zero-order valence-electron chi connectivity index (χ0n) is 5.36. The number of ketones is 1. The summed E-state index contributed by atoms with van der Waals surface area (Å²) in [6, 6.07) is 0. The third-order valence-electron chi connectivity index (χ3n) is 1.68. The molecule has 0 aliphatic heterocycles. The summed E-state index contributed by atoms with van der Waals surface area (Å²) in [5.74, 6) is -1.25. The van der Waals surface area contributed by atoms with E-state index >= 15 is 0 Å². The first-order valence-corrected chi connectivity index (χ1v) is 2.68. The van der Waals surface area contributed by atoms with Crippen LogP contribution in [0.5, 0.6) is 0 Å². The third kappa shape index (κ3) is 0.515. The van der Waals surface area contributed by atoms with Crippen LogP contribution in [0, 0.1) is 5.41 Å². The number of carbonyl (C=O) groups is 1. The van der Waals surface area contributed by atoms with Crippen LogP contribution in [0.25, 0.3) is 0 Å². The molecule has 0 saturated carbocycles. The molecule has 3 heteroatoms. The average molecular weight is 129 g/mol. The molecule has 0 radical (unpaired) electrons. The first kappa shape index (κ1) is 6.26. The molecule has 0 aromatic carbocycles. The number of Topliss-reactive ketones (excluding diaryl/α,β-unsaturated/α-hetero) is 1. The third-order valence-corrected chi connectivity index (χ3v) is 1.68. The van der Waals surface area contributed by atoms with Crippen LogP contribution < -0.4 is 5.73 Å². The smallest absolute Gasteiger partial charge is 0.204 e. The molecule has 0 fully saturated rings. The summed E-state index contributed by atoms with van der Waals surface area (Å²) in [5.41, 5.74) is 4.50. The Morgan fingerprint density at radius 1 is 1.56 bits per heavy atom. The second kappa shape index (κ2) is 1.35. The van der Waals surface area contributed by atoms with Gasteiger partial charge in [0.25, 0.3) is 0 Å². The monoisotopic (exact) mass is 129 g/mol. The topological polar surface area (TPSA) is 43.1 Å². The molecule has 0 aromatic rings. The molecule has 1 aliphatic carbocycles. The van der Waals surface area contributed by atoms with Crippen molar-refractivity contribution in [2.24, 2.45) is 11.1 Å². The first-order valence-electron chi connectivity index (χ1n) is 2.68. The Morgan fingerprint density at radius 3 is 2.11 bits per heavy atom. The molecule has 2 N–H and O–H groups in total. The maximum absolute atomic E-state index is 12.2. The van der Waals surface area contributed by atoms with Crippen molar-refractivity contribution >= 4 is 5.78 Å². The SMILES string of the molecule is CC1(C)C(=O)C(F)=C1N. The highest BCUT2D eigenvalue weighted by molar-refractivity contribution is 6.07. The van der Waals surface area contributed by atoms with Gasteiger partial charge < -0.3 is 5.73 Å². The highest BCUT2D eigenvalue weighted by atomic mass is 19.1. The standard InChI is InChI=1S/C6H8FNO/c1-6(2)4(8)3(7)5(6)9/h8H2,1-2H3. The van der Waals surface area contributed by atoms with Crippen molar-refractivity contribution in [3.8, 4) is 0 Å². The van der Waals surface area contributed by atoms with E-state index in [1.54, 1.807) is 13.8 Å². The van der Waals surface area contributed by atoms with E-state index in [0.29, 0.717) is 0 Å². The van der Waals surface area contributed by atoms with Crippen molar-refractivity contribution in [3.05, 3.63) is 11.5 Å². The predicted molar refractivity (Wildman–Crippen MR) is 31.1 cm³/mol. The molecular weight excluding hydrogens is 121 g/mol. The minimum absolute atomic E-state index is 0.0764. The Hall–Kier alpha value is -0.860. The fraction of sp³-hybridized carbons (Fsp3) is 0.500. The predicted octanol–water partition coefficient (Wildman–Crippen LogP) is 0.735. The van der Waals surface area contributed by atoms with E-state index in [1.165, 1.54) is 0 Å². The lowest BCUT2D eigenvalue weighted by molar-refractivity contribution is -0.126. The molecule has 0 heterocycles. The molecule has 9 heavy (non-hydrogen) atoms. The largest absolute Gasteiger partial charge is 0.399 e. The van der Waals surface area contributed by atoms with Crippen molar-refractivity contribution < 1.29 is 9.18 Å². The number of allylic oxidation sites excluding steroid dienone is 2. The van der Waals surface area contributed by atoms with E-state index < -0.39 is 17.0 Å². The summed E-state index contributed by atoms with van der Waals surface area (Å²) in [6.45, 7) is 3.21. The number of nitrogens with two attached hydrogens (primary N) is 1. The Morgan fingerprint density at radius 2 is 2.00 bits per heavy atom. The summed E-state index contributed by atoms with van der Waals surface area (Å²) >= 11 is 0. The van der Waals surface area contributed by atoms with Gasteiger partial charge in [-0.15, -0.1) is 0 Å². The number of hydrogen-bond acceptors (Lipinski definition) is 2. The van der Waals surface area contributed by atoms with Crippen LogP contribution >= 0.6 is 0 Å². The fourth-order valence-electron chi connectivity index (χ4n) is 0.731. The van der Waals surface area contributed by atoms with Crippen molar-refractivity contribution in [1.29, 1.82) is 0 Å². The molecule has 0 amide bonds. The van der Waals surface area contributed by atoms with E-state index in [1.807, 2.05) is 0 Å². The van der Waals surface area contributed by atoms with Crippen molar-refractivity contribution in [1.82, 2.24) is 0 Å². The lowest BCUT2D eigenvalue weighted by Gasteiger charge is -2.31. The molecule has 0 bridgehead atoms. The van der Waals surface area contributed by atoms with Gasteiger partial charge in [0.2, 0.25) is 5.78 Å². The summed E-state index contributed by atoms with van der Waals surface area (Å²) in [4.78, 5) is 10.6. The zero-order valence-corrected chi connectivity index (χ0v) is 5.36. The fourth-order valence-corrected chi connectivity index (χ4v) is 0.731. The number of halogens is 1. The minimum Gasteiger partial charge on any atom is -0.399 e. The van der Waals surface area contributed by atoms with E-state index in [9.17, 15) is 9.18 Å². The van der Waals surface area contributed by atoms with Crippen LogP contribution in [0.4, 0.5) is 4.39 Å². The van der Waals surface area contributed by atoms with Crippen LogP contribution in [0.2, 0.25) is 0 Å². The summed E-state index contributed by atoms with van der Waals surface area (Å²) in [5, 5.41) is 0. The van der Waals surface area contributed by atoms with Gasteiger partial charge in [0.05, 0.1) is 11.1 Å². The van der Waals surface area contributed by atoms with Crippen molar-refractivity contribution in [3.63, 3.8) is 0 Å². The highest BCUT2D eigenvalue weighted by Crippen LogP contribution is 2.39. The lowest BCUT2D eigenvalue weighted by Crippen LogP contribution is -2.41. The summed E-state index contributed by atoms with van der Waals surface area (Å²) in [6.07, 6.45) is 0. The van der Waals surface area contributed by atoms with Crippen LogP contribution in [-0.2, 0) is 4.79 Å². The Labute approximate surface area is 52.5 Å². The van der Waals surface area contributed by atoms with Crippen molar-refractivity contribution in [2.45, 2.75) is 13.8 Å². The normalized spacial score (nSPS) is 24.1. The van der Waals surface area contributed by atoms with Gasteiger partial charge in [0.1, 0.15) is 0 Å². The Balaban J connectivity index is 3.06. The van der Waals surface area contributed by atoms with E-state index in [0.717, 1.165) is 0 Å². The van der Waals surface area contributed by atoms with Gasteiger partial charge in [0, 0.05) is 0 Å².